The van der Waals surface area contributed by atoms with Gasteiger partial charge in [-0.25, -0.2) is 4.99 Å². The zero-order chi connectivity index (χ0) is 17.5. The molecule has 0 aliphatic heterocycles. The Morgan fingerprint density at radius 2 is 1.40 bits per heavy atom. The third kappa shape index (κ3) is 4.71. The van der Waals surface area contributed by atoms with E-state index in [9.17, 15) is 0 Å². The van der Waals surface area contributed by atoms with Gasteiger partial charge in [0.15, 0.2) is 0 Å². The first-order valence-electron chi connectivity index (χ1n) is 8.32. The Balaban J connectivity index is 1.99. The minimum Gasteiger partial charge on any atom is -0.248 e. The number of aryl methyl sites for hydroxylation is 1. The van der Waals surface area contributed by atoms with Crippen LogP contribution in [0.5, 0.6) is 0 Å². The van der Waals surface area contributed by atoms with Crippen LogP contribution in [0.4, 0.5) is 5.69 Å². The molecule has 0 fully saturated rings. The van der Waals surface area contributed by atoms with Gasteiger partial charge in [-0.15, -0.1) is 0 Å². The molecule has 3 aromatic rings. The summed E-state index contributed by atoms with van der Waals surface area (Å²) in [6, 6.07) is 28.9. The van der Waals surface area contributed by atoms with Crippen LogP contribution in [-0.4, -0.2) is 5.71 Å². The van der Waals surface area contributed by atoms with Gasteiger partial charge in [0, 0.05) is 10.5 Å². The number of nitrogens with zero attached hydrogens (tertiary/aromatic N) is 1. The van der Waals surface area contributed by atoms with Gasteiger partial charge >= 0.3 is 0 Å². The van der Waals surface area contributed by atoms with Gasteiger partial charge in [0.1, 0.15) is 0 Å². The summed E-state index contributed by atoms with van der Waals surface area (Å²) in [6.45, 7) is 4.26. The van der Waals surface area contributed by atoms with Crippen molar-refractivity contribution in [3.05, 3.63) is 107 Å². The van der Waals surface area contributed by atoms with Gasteiger partial charge in [0.05, 0.1) is 11.4 Å². The lowest BCUT2D eigenvalue weighted by atomic mass is 10.00. The Morgan fingerprint density at radius 3 is 2.08 bits per heavy atom. The molecule has 0 N–H and O–H groups in total. The Bertz CT molecular complexity index is 880. The molecule has 0 radical (unpaired) electrons. The molecule has 0 saturated heterocycles. The van der Waals surface area contributed by atoms with Crippen molar-refractivity contribution in [1.82, 2.24) is 0 Å². The van der Waals surface area contributed by atoms with E-state index >= 15 is 0 Å². The highest BCUT2D eigenvalue weighted by Crippen LogP contribution is 2.24. The highest BCUT2D eigenvalue weighted by molar-refractivity contribution is 8.02. The number of thioether (sulfide) groups is 1. The summed E-state index contributed by atoms with van der Waals surface area (Å²) in [5.74, 6) is 0. The predicted octanol–water partition coefficient (Wildman–Crippen LogP) is 6.81. The maximum atomic E-state index is 4.94. The second kappa shape index (κ2) is 8.50. The van der Waals surface area contributed by atoms with E-state index in [1.807, 2.05) is 36.4 Å². The van der Waals surface area contributed by atoms with Crippen molar-refractivity contribution < 1.29 is 0 Å². The summed E-state index contributed by atoms with van der Waals surface area (Å²) in [4.78, 5) is 6.16. The van der Waals surface area contributed by atoms with E-state index in [4.69, 9.17) is 4.99 Å². The fraction of sp³-hybridized carbons (Fsp3) is 0.0870. The Kier molecular flexibility index (Phi) is 5.86. The molecule has 0 unspecified atom stereocenters. The number of para-hydroxylation sites is 1. The van der Waals surface area contributed by atoms with E-state index < -0.39 is 0 Å². The van der Waals surface area contributed by atoms with Crippen LogP contribution >= 0.6 is 11.8 Å². The molecule has 0 aliphatic rings. The summed E-state index contributed by atoms with van der Waals surface area (Å²) in [5.41, 5.74) is 5.56. The molecule has 1 nitrogen and oxygen atoms in total. The zero-order valence-corrected chi connectivity index (χ0v) is 15.3. The molecule has 0 heterocycles. The Labute approximate surface area is 154 Å². The molecule has 25 heavy (non-hydrogen) atoms. The number of aliphatic imine (C=N–C) groups is 1. The maximum Gasteiger partial charge on any atom is 0.0746 e. The molecule has 0 saturated carbocycles. The first-order chi connectivity index (χ1) is 12.2. The highest BCUT2D eigenvalue weighted by atomic mass is 32.2. The van der Waals surface area contributed by atoms with Gasteiger partial charge in [0.25, 0.3) is 0 Å². The minimum atomic E-state index is 0.971. The molecule has 2 heteroatoms. The molecule has 0 bridgehead atoms. The molecular formula is C23H21NS. The van der Waals surface area contributed by atoms with E-state index in [2.05, 4.69) is 67.8 Å². The van der Waals surface area contributed by atoms with Crippen molar-refractivity contribution in [3.8, 4) is 0 Å². The molecular weight excluding hydrogens is 322 g/mol. The summed E-state index contributed by atoms with van der Waals surface area (Å²) in [7, 11) is 0. The number of hydrogen-bond acceptors (Lipinski definition) is 2. The number of rotatable bonds is 5. The van der Waals surface area contributed by atoms with Crippen molar-refractivity contribution in [1.29, 1.82) is 0 Å². The van der Waals surface area contributed by atoms with Gasteiger partial charge in [-0.2, -0.15) is 0 Å². The highest BCUT2D eigenvalue weighted by Gasteiger charge is 2.09. The van der Waals surface area contributed by atoms with Crippen LogP contribution in [-0.2, 0) is 0 Å². The van der Waals surface area contributed by atoms with Crippen LogP contribution in [0.2, 0.25) is 0 Å². The van der Waals surface area contributed by atoms with Crippen molar-refractivity contribution in [3.63, 3.8) is 0 Å². The standard InChI is InChI=1S/C23H21NS/c1-18-11-9-10-16-22(18)23(24-20-12-5-3-6-13-20)19(2)17-25-21-14-7-4-8-15-21/h3-17H,1-2H3/b19-17+,24-23-. The first kappa shape index (κ1) is 17.2. The van der Waals surface area contributed by atoms with Crippen molar-refractivity contribution in [2.45, 2.75) is 18.7 Å². The molecule has 0 amide bonds. The van der Waals surface area contributed by atoms with Crippen molar-refractivity contribution in [2.75, 3.05) is 0 Å². The molecule has 0 aliphatic carbocycles. The van der Waals surface area contributed by atoms with Crippen LogP contribution in [0.3, 0.4) is 0 Å². The van der Waals surface area contributed by atoms with E-state index in [1.54, 1.807) is 11.8 Å². The average Bonchev–Trinajstić information content (AvgIpc) is 2.66. The van der Waals surface area contributed by atoms with Crippen LogP contribution in [0.15, 0.2) is 106 Å². The van der Waals surface area contributed by atoms with Crippen LogP contribution < -0.4 is 0 Å². The number of allylic oxidation sites excluding steroid dienone is 1. The molecule has 3 aromatic carbocycles. The number of hydrogen-bond donors (Lipinski definition) is 0. The van der Waals surface area contributed by atoms with E-state index in [-0.39, 0.29) is 0 Å². The minimum absolute atomic E-state index is 0.971. The molecule has 124 valence electrons. The number of benzene rings is 3. The van der Waals surface area contributed by atoms with E-state index in [1.165, 1.54) is 16.0 Å². The van der Waals surface area contributed by atoms with Gasteiger partial charge in [-0.3, -0.25) is 0 Å². The Hall–Kier alpha value is -2.58. The lowest BCUT2D eigenvalue weighted by molar-refractivity contribution is 1.39. The lowest BCUT2D eigenvalue weighted by Gasteiger charge is -2.11. The SMILES string of the molecule is CC(=C\Sc1ccccc1)/C(=N/c1ccccc1)c1ccccc1C. The smallest absolute Gasteiger partial charge is 0.0746 e. The topological polar surface area (TPSA) is 12.4 Å². The second-order valence-electron chi connectivity index (χ2n) is 5.84. The normalized spacial score (nSPS) is 12.2. The molecule has 3 rings (SSSR count). The van der Waals surface area contributed by atoms with E-state index in [0.717, 1.165) is 17.0 Å². The van der Waals surface area contributed by atoms with Crippen LogP contribution in [0.1, 0.15) is 18.1 Å². The molecule has 0 atom stereocenters. The third-order valence-electron chi connectivity index (χ3n) is 3.89. The molecule has 0 spiro atoms. The van der Waals surface area contributed by atoms with Gasteiger partial charge in [-0.1, -0.05) is 72.4 Å². The van der Waals surface area contributed by atoms with Crippen LogP contribution in [0.25, 0.3) is 0 Å². The van der Waals surface area contributed by atoms with Crippen molar-refractivity contribution >= 4 is 23.2 Å². The summed E-state index contributed by atoms with van der Waals surface area (Å²) in [6.07, 6.45) is 0. The summed E-state index contributed by atoms with van der Waals surface area (Å²) in [5, 5.41) is 2.18. The fourth-order valence-electron chi connectivity index (χ4n) is 2.54. The third-order valence-corrected chi connectivity index (χ3v) is 4.90. The predicted molar refractivity (Wildman–Crippen MR) is 110 cm³/mol. The van der Waals surface area contributed by atoms with Gasteiger partial charge in [-0.05, 0) is 54.7 Å². The maximum absolute atomic E-state index is 4.94. The van der Waals surface area contributed by atoms with Crippen LogP contribution in [0, 0.1) is 6.92 Å². The lowest BCUT2D eigenvalue weighted by Crippen LogP contribution is -2.04. The quantitative estimate of drug-likeness (QED) is 0.366. The van der Waals surface area contributed by atoms with Gasteiger partial charge in [0.2, 0.25) is 0 Å². The largest absolute Gasteiger partial charge is 0.248 e. The van der Waals surface area contributed by atoms with E-state index in [0.29, 0.717) is 0 Å². The summed E-state index contributed by atoms with van der Waals surface area (Å²) < 4.78 is 0. The zero-order valence-electron chi connectivity index (χ0n) is 14.5. The monoisotopic (exact) mass is 343 g/mol. The average molecular weight is 343 g/mol. The molecule has 0 aromatic heterocycles. The summed E-state index contributed by atoms with van der Waals surface area (Å²) >= 11 is 1.73. The fourth-order valence-corrected chi connectivity index (χ4v) is 3.28. The Morgan fingerprint density at radius 1 is 0.800 bits per heavy atom. The first-order valence-corrected chi connectivity index (χ1v) is 9.20. The van der Waals surface area contributed by atoms with Gasteiger partial charge < -0.3 is 0 Å². The van der Waals surface area contributed by atoms with Crippen molar-refractivity contribution in [2.24, 2.45) is 4.99 Å². The second-order valence-corrected chi connectivity index (χ2v) is 6.79.